The van der Waals surface area contributed by atoms with Gasteiger partial charge in [0.25, 0.3) is 0 Å². The lowest BCUT2D eigenvalue weighted by atomic mass is 10.2. The Labute approximate surface area is 113 Å². The second kappa shape index (κ2) is 8.07. The van der Waals surface area contributed by atoms with Gasteiger partial charge >= 0.3 is 0 Å². The van der Waals surface area contributed by atoms with Crippen molar-refractivity contribution < 1.29 is 9.53 Å². The number of carbonyl (C=O) groups excluding carboxylic acids is 1. The van der Waals surface area contributed by atoms with Crippen molar-refractivity contribution in [2.75, 3.05) is 19.0 Å². The van der Waals surface area contributed by atoms with E-state index in [4.69, 9.17) is 10.5 Å². The number of halogens is 1. The molecule has 1 atom stereocenters. The minimum absolute atomic E-state index is 0. The topological polar surface area (TPSA) is 82.2 Å². The highest BCUT2D eigenvalue weighted by molar-refractivity contribution is 5.94. The number of rotatable bonds is 6. The molecule has 0 fully saturated rings. The van der Waals surface area contributed by atoms with Crippen molar-refractivity contribution in [2.45, 2.75) is 26.4 Å². The Kier molecular flexibility index (Phi) is 7.58. The lowest BCUT2D eigenvalue weighted by Gasteiger charge is -2.09. The van der Waals surface area contributed by atoms with Gasteiger partial charge in [-0.3, -0.25) is 9.48 Å². The number of methoxy groups -OCH3 is 1. The van der Waals surface area contributed by atoms with Gasteiger partial charge in [-0.05, 0) is 5.92 Å². The van der Waals surface area contributed by atoms with Gasteiger partial charge in [0.2, 0.25) is 5.91 Å². The maximum absolute atomic E-state index is 11.6. The maximum Gasteiger partial charge on any atom is 0.243 e. The first kappa shape index (κ1) is 16.9. The number of nitrogens with two attached hydrogens (primary N) is 1. The molecule has 0 aliphatic rings. The summed E-state index contributed by atoms with van der Waals surface area (Å²) >= 11 is 0. The van der Waals surface area contributed by atoms with Crippen LogP contribution in [0, 0.1) is 5.92 Å². The molecule has 7 heteroatoms. The molecule has 0 saturated heterocycles. The number of aromatic nitrogens is 2. The fourth-order valence-electron chi connectivity index (χ4n) is 1.39. The average Bonchev–Trinajstić information content (AvgIpc) is 2.64. The summed E-state index contributed by atoms with van der Waals surface area (Å²) in [4.78, 5) is 11.6. The molecular weight excluding hydrogens is 256 g/mol. The van der Waals surface area contributed by atoms with Crippen molar-refractivity contribution in [3.63, 3.8) is 0 Å². The Morgan fingerprint density at radius 1 is 1.61 bits per heavy atom. The molecule has 104 valence electrons. The summed E-state index contributed by atoms with van der Waals surface area (Å²) in [6.07, 6.45) is 3.40. The fraction of sp³-hybridized carbons (Fsp3) is 0.636. The van der Waals surface area contributed by atoms with E-state index in [2.05, 4.69) is 24.3 Å². The van der Waals surface area contributed by atoms with E-state index in [0.29, 0.717) is 11.6 Å². The van der Waals surface area contributed by atoms with Crippen LogP contribution in [0.25, 0.3) is 0 Å². The van der Waals surface area contributed by atoms with Crippen LogP contribution in [0.2, 0.25) is 0 Å². The number of hydrogen-bond acceptors (Lipinski definition) is 4. The normalized spacial score (nSPS) is 12.1. The standard InChI is InChI=1S/C11H20N4O2.ClH/c1-8(2)5-15-6-9(4-13-15)14-11(16)10(12)7-17-3;/h4,6,8,10H,5,7,12H2,1-3H3,(H,14,16);1H. The number of hydrogen-bond donors (Lipinski definition) is 2. The summed E-state index contributed by atoms with van der Waals surface area (Å²) in [5.74, 6) is 0.241. The quantitative estimate of drug-likeness (QED) is 0.808. The van der Waals surface area contributed by atoms with Crippen LogP contribution in [-0.2, 0) is 16.1 Å². The van der Waals surface area contributed by atoms with Gasteiger partial charge < -0.3 is 15.8 Å². The van der Waals surface area contributed by atoms with Crippen LogP contribution in [0.1, 0.15) is 13.8 Å². The smallest absolute Gasteiger partial charge is 0.243 e. The molecule has 0 aromatic carbocycles. The van der Waals surface area contributed by atoms with Crippen LogP contribution in [0.4, 0.5) is 5.69 Å². The van der Waals surface area contributed by atoms with Crippen LogP contribution in [0.3, 0.4) is 0 Å². The first-order valence-electron chi connectivity index (χ1n) is 5.60. The van der Waals surface area contributed by atoms with E-state index in [9.17, 15) is 4.79 Å². The molecule has 1 aromatic heterocycles. The number of anilines is 1. The highest BCUT2D eigenvalue weighted by Gasteiger charge is 2.13. The molecule has 1 amide bonds. The van der Waals surface area contributed by atoms with Gasteiger partial charge in [-0.2, -0.15) is 5.10 Å². The van der Waals surface area contributed by atoms with Crippen molar-refractivity contribution in [1.82, 2.24) is 9.78 Å². The van der Waals surface area contributed by atoms with Crippen molar-refractivity contribution in [3.05, 3.63) is 12.4 Å². The van der Waals surface area contributed by atoms with Crippen LogP contribution < -0.4 is 11.1 Å². The zero-order chi connectivity index (χ0) is 12.8. The molecule has 0 bridgehead atoms. The van der Waals surface area contributed by atoms with E-state index in [0.717, 1.165) is 6.54 Å². The summed E-state index contributed by atoms with van der Waals surface area (Å²) in [5, 5.41) is 6.84. The van der Waals surface area contributed by atoms with Gasteiger partial charge in [-0.15, -0.1) is 12.4 Å². The van der Waals surface area contributed by atoms with Crippen molar-refractivity contribution in [1.29, 1.82) is 0 Å². The predicted molar refractivity (Wildman–Crippen MR) is 72.8 cm³/mol. The SMILES string of the molecule is COCC(N)C(=O)Nc1cnn(CC(C)C)c1.Cl. The van der Waals surface area contributed by atoms with E-state index in [1.807, 2.05) is 0 Å². The lowest BCUT2D eigenvalue weighted by Crippen LogP contribution is -2.39. The number of carbonyl (C=O) groups is 1. The molecule has 0 saturated carbocycles. The number of ether oxygens (including phenoxy) is 1. The second-order valence-electron chi connectivity index (χ2n) is 4.40. The Morgan fingerprint density at radius 2 is 2.28 bits per heavy atom. The molecule has 18 heavy (non-hydrogen) atoms. The van der Waals surface area contributed by atoms with E-state index >= 15 is 0 Å². The van der Waals surface area contributed by atoms with Crippen molar-refractivity contribution in [3.8, 4) is 0 Å². The Bertz CT molecular complexity index is 368. The number of nitrogens with one attached hydrogen (secondary N) is 1. The number of nitrogens with zero attached hydrogens (tertiary/aromatic N) is 2. The van der Waals surface area contributed by atoms with Crippen LogP contribution in [0.5, 0.6) is 0 Å². The van der Waals surface area contributed by atoms with E-state index in [1.165, 1.54) is 7.11 Å². The highest BCUT2D eigenvalue weighted by Crippen LogP contribution is 2.07. The third kappa shape index (κ3) is 5.48. The first-order valence-corrected chi connectivity index (χ1v) is 5.60. The third-order valence-electron chi connectivity index (χ3n) is 2.14. The molecule has 0 aliphatic heterocycles. The zero-order valence-electron chi connectivity index (χ0n) is 10.9. The largest absolute Gasteiger partial charge is 0.383 e. The van der Waals surface area contributed by atoms with Gasteiger partial charge in [0.1, 0.15) is 6.04 Å². The molecule has 1 unspecified atom stereocenters. The van der Waals surface area contributed by atoms with Crippen LogP contribution in [0.15, 0.2) is 12.4 Å². The predicted octanol–water partition coefficient (Wildman–Crippen LogP) is 0.873. The molecule has 0 aliphatic carbocycles. The van der Waals surface area contributed by atoms with Gasteiger partial charge in [0.05, 0.1) is 18.5 Å². The van der Waals surface area contributed by atoms with Gasteiger partial charge in [0, 0.05) is 19.9 Å². The molecule has 0 spiro atoms. The molecule has 1 rings (SSSR count). The summed E-state index contributed by atoms with van der Waals surface area (Å²) in [6, 6.07) is -0.659. The van der Waals surface area contributed by atoms with Crippen molar-refractivity contribution in [2.24, 2.45) is 11.7 Å². The minimum Gasteiger partial charge on any atom is -0.383 e. The minimum atomic E-state index is -0.659. The Morgan fingerprint density at radius 3 is 2.83 bits per heavy atom. The Hall–Kier alpha value is -1.11. The van der Waals surface area contributed by atoms with E-state index < -0.39 is 6.04 Å². The highest BCUT2D eigenvalue weighted by atomic mass is 35.5. The summed E-state index contributed by atoms with van der Waals surface area (Å²) in [5.41, 5.74) is 6.25. The Balaban J connectivity index is 0.00000289. The van der Waals surface area contributed by atoms with Gasteiger partial charge in [-0.25, -0.2) is 0 Å². The molecule has 1 aromatic rings. The third-order valence-corrected chi connectivity index (χ3v) is 2.14. The van der Waals surface area contributed by atoms with Crippen LogP contribution in [-0.4, -0.2) is 35.4 Å². The zero-order valence-corrected chi connectivity index (χ0v) is 11.7. The summed E-state index contributed by atoms with van der Waals surface area (Å²) in [7, 11) is 1.51. The van der Waals surface area contributed by atoms with E-state index in [1.54, 1.807) is 17.1 Å². The van der Waals surface area contributed by atoms with Crippen molar-refractivity contribution >= 4 is 24.0 Å². The second-order valence-corrected chi connectivity index (χ2v) is 4.40. The average molecular weight is 277 g/mol. The summed E-state index contributed by atoms with van der Waals surface area (Å²) < 4.78 is 6.61. The van der Waals surface area contributed by atoms with Crippen LogP contribution >= 0.6 is 12.4 Å². The molecule has 6 nitrogen and oxygen atoms in total. The monoisotopic (exact) mass is 276 g/mol. The number of amides is 1. The first-order chi connectivity index (χ1) is 8.02. The summed E-state index contributed by atoms with van der Waals surface area (Å²) in [6.45, 7) is 5.23. The van der Waals surface area contributed by atoms with Gasteiger partial charge in [-0.1, -0.05) is 13.8 Å². The molecule has 3 N–H and O–H groups in total. The molecular formula is C11H21ClN4O2. The molecule has 1 heterocycles. The van der Waals surface area contributed by atoms with E-state index in [-0.39, 0.29) is 24.9 Å². The molecule has 0 radical (unpaired) electrons. The van der Waals surface area contributed by atoms with Gasteiger partial charge in [0.15, 0.2) is 0 Å². The maximum atomic E-state index is 11.6. The lowest BCUT2D eigenvalue weighted by molar-refractivity contribution is -0.118. The fourth-order valence-corrected chi connectivity index (χ4v) is 1.39.